The van der Waals surface area contributed by atoms with Gasteiger partial charge in [-0.05, 0) is 100 Å². The van der Waals surface area contributed by atoms with E-state index in [4.69, 9.17) is 39.9 Å². The van der Waals surface area contributed by atoms with Crippen molar-refractivity contribution in [3.8, 4) is 147 Å². The summed E-state index contributed by atoms with van der Waals surface area (Å²) in [5.41, 5.74) is 24.7. The Morgan fingerprint density at radius 1 is 0.185 bits per heavy atom. The fourth-order valence-corrected chi connectivity index (χ4v) is 20.1. The van der Waals surface area contributed by atoms with Gasteiger partial charge in [-0.2, -0.15) is 0 Å². The monoisotopic (exact) mass is 1620 g/mol. The summed E-state index contributed by atoms with van der Waals surface area (Å²) in [6.07, 6.45) is 3.98. The van der Waals surface area contributed by atoms with Gasteiger partial charge in [0.25, 0.3) is 0 Å². The molecule has 0 spiro atoms. The average Bonchev–Trinajstić information content (AvgIpc) is 1.56. The molecule has 0 amide bonds. The Hall–Kier alpha value is -16.1. The average molecular weight is 1620 g/mol. The van der Waals surface area contributed by atoms with Crippen LogP contribution < -0.4 is 0 Å². The van der Waals surface area contributed by atoms with Gasteiger partial charge < -0.3 is 9.13 Å². The molecule has 0 aliphatic rings. The van der Waals surface area contributed by atoms with Crippen molar-refractivity contribution in [2.24, 2.45) is 0 Å². The van der Waals surface area contributed by atoms with Crippen molar-refractivity contribution in [3.63, 3.8) is 0 Å². The highest BCUT2D eigenvalue weighted by molar-refractivity contribution is 7.27. The van der Waals surface area contributed by atoms with Gasteiger partial charge in [0.05, 0.1) is 42.9 Å². The molecule has 8 heterocycles. The Morgan fingerprint density at radius 2 is 0.508 bits per heavy atom. The zero-order valence-corrected chi connectivity index (χ0v) is 68.3. The summed E-state index contributed by atoms with van der Waals surface area (Å²) in [6.45, 7) is 0. The first kappa shape index (κ1) is 73.1. The lowest BCUT2D eigenvalue weighted by Crippen LogP contribution is -2.02. The highest BCUT2D eigenvalue weighted by atomic mass is 32.1. The topological polar surface area (TPSA) is 113 Å². The quantitative estimate of drug-likeness (QED) is 0.106. The minimum atomic E-state index is 0.561. The van der Waals surface area contributed by atoms with E-state index in [-0.39, 0.29) is 0 Å². The van der Waals surface area contributed by atoms with E-state index < -0.39 is 0 Å². The van der Waals surface area contributed by atoms with Crippen LogP contribution in [-0.2, 0) is 0 Å². The second-order valence-corrected chi connectivity index (χ2v) is 32.9. The van der Waals surface area contributed by atoms with E-state index in [0.29, 0.717) is 34.9 Å². The number of aromatic nitrogens is 10. The first-order valence-corrected chi connectivity index (χ1v) is 43.1. The minimum Gasteiger partial charge on any atom is -0.308 e. The third-order valence-corrected chi connectivity index (χ3v) is 25.8. The van der Waals surface area contributed by atoms with Crippen LogP contribution in [0.25, 0.3) is 231 Å². The molecule has 16 aromatic carbocycles. The van der Waals surface area contributed by atoms with Crippen molar-refractivity contribution in [2.45, 2.75) is 0 Å². The smallest absolute Gasteiger partial charge is 0.166 e. The first-order valence-electron chi connectivity index (χ1n) is 41.4. The van der Waals surface area contributed by atoms with Gasteiger partial charge in [-0.15, -0.1) is 22.7 Å². The third-order valence-electron chi connectivity index (χ3n) is 23.4. The molecule has 0 saturated carbocycles. The molecule has 24 aromatic rings. The SMILES string of the molecule is c1ccc(-c2cccc(-c3cnc(-c4ccc5c(c4)sc4c5ccc5c6ccccc6n(-c6ccccc6)c54)c(-c4nc(-c5ccccc5)nc(-c5ccccc5)n4)c3)c2)cc1.c1ccc(-c2cccc(-c3cnc(-c4cccc5c4sc4c5ccc5c6ccccc6n(-c6ccccc6)c54)c(-c4nc(-c5ccccc5)nc(-c5ccccc5)n4)c3)c2)cc1. The second-order valence-electron chi connectivity index (χ2n) is 30.9. The standard InChI is InChI=1S/2C56H35N5S/c1-5-17-36(18-6-1)39-23-15-24-40(33-39)41-34-48(56-59-54(37-19-7-2-8-20-37)58-55(60-56)38-21-9-3-10-22-38)50(57-35-41)47-29-16-28-45-46-32-31-44-43-27-13-14-30-49(43)61(42-25-11-4-12-26-42)51(44)53(46)62-52(45)47;1-5-16-36(17-6-1)39-22-15-23-40(32-39)42-33-48(56-59-54(37-18-7-2-8-19-37)58-55(60-56)38-20-9-3-10-21-38)51(57-35-42)41-28-29-45-47-31-30-46-44-26-13-14-27-49(44)61(43-24-11-4-12-25-43)52(46)53(47)62-50(45)34-41/h2*1-35H. The predicted octanol–water partition coefficient (Wildman–Crippen LogP) is 29.5. The zero-order valence-electron chi connectivity index (χ0n) is 66.7. The number of thiophene rings is 2. The summed E-state index contributed by atoms with van der Waals surface area (Å²) in [7, 11) is 0. The second kappa shape index (κ2) is 31.2. The highest BCUT2D eigenvalue weighted by Crippen LogP contribution is 2.50. The van der Waals surface area contributed by atoms with Crippen LogP contribution in [0.2, 0.25) is 0 Å². The molecule has 12 heteroatoms. The molecule has 0 atom stereocenters. The molecular weight excluding hydrogens is 1550 g/mol. The predicted molar refractivity (Wildman–Crippen MR) is 515 cm³/mol. The van der Waals surface area contributed by atoms with Gasteiger partial charge in [0.2, 0.25) is 0 Å². The molecule has 0 aliphatic carbocycles. The largest absolute Gasteiger partial charge is 0.308 e. The lowest BCUT2D eigenvalue weighted by molar-refractivity contribution is 1.07. The van der Waals surface area contributed by atoms with Gasteiger partial charge in [-0.1, -0.05) is 346 Å². The van der Waals surface area contributed by atoms with Crippen molar-refractivity contribution in [2.75, 3.05) is 0 Å². The maximum Gasteiger partial charge on any atom is 0.166 e. The minimum absolute atomic E-state index is 0.561. The maximum atomic E-state index is 5.39. The number of benzene rings is 16. The third kappa shape index (κ3) is 13.2. The van der Waals surface area contributed by atoms with Gasteiger partial charge in [0.15, 0.2) is 34.9 Å². The summed E-state index contributed by atoms with van der Waals surface area (Å²) >= 11 is 3.66. The Labute approximate surface area is 722 Å². The molecule has 0 radical (unpaired) electrons. The normalized spacial score (nSPS) is 11.5. The number of fused-ring (bicyclic) bond motifs is 14. The summed E-state index contributed by atoms with van der Waals surface area (Å²) < 4.78 is 9.68. The Kier molecular flexibility index (Phi) is 18.4. The van der Waals surface area contributed by atoms with Crippen LogP contribution in [0.4, 0.5) is 0 Å². The molecule has 24 rings (SSSR count). The molecule has 0 bridgehead atoms. The fourth-order valence-electron chi connectivity index (χ4n) is 17.5. The molecule has 0 saturated heterocycles. The van der Waals surface area contributed by atoms with E-state index in [1.807, 2.05) is 169 Å². The van der Waals surface area contributed by atoms with Gasteiger partial charge in [0.1, 0.15) is 0 Å². The summed E-state index contributed by atoms with van der Waals surface area (Å²) in [4.78, 5) is 41.7. The molecular formula is C112H70N10S2. The van der Waals surface area contributed by atoms with Crippen LogP contribution >= 0.6 is 22.7 Å². The number of pyridine rings is 2. The van der Waals surface area contributed by atoms with Gasteiger partial charge in [0, 0.05) is 132 Å². The molecule has 10 nitrogen and oxygen atoms in total. The Morgan fingerprint density at radius 3 is 0.960 bits per heavy atom. The molecule has 124 heavy (non-hydrogen) atoms. The molecule has 0 unspecified atom stereocenters. The van der Waals surface area contributed by atoms with Gasteiger partial charge in [-0.25, -0.2) is 29.9 Å². The molecule has 0 N–H and O–H groups in total. The Balaban J connectivity index is 0.000000143. The number of hydrogen-bond acceptors (Lipinski definition) is 10. The number of para-hydroxylation sites is 4. The Bertz CT molecular complexity index is 8090. The van der Waals surface area contributed by atoms with Gasteiger partial charge in [-0.3, -0.25) is 9.97 Å². The summed E-state index contributed by atoms with van der Waals surface area (Å²) in [5, 5.41) is 9.82. The lowest BCUT2D eigenvalue weighted by Gasteiger charge is -2.14. The highest BCUT2D eigenvalue weighted by Gasteiger charge is 2.26. The van der Waals surface area contributed by atoms with E-state index in [0.717, 1.165) is 116 Å². The summed E-state index contributed by atoms with van der Waals surface area (Å²) in [6, 6.07) is 145. The van der Waals surface area contributed by atoms with E-state index in [2.05, 4.69) is 288 Å². The van der Waals surface area contributed by atoms with Crippen LogP contribution in [0.1, 0.15) is 0 Å². The van der Waals surface area contributed by atoms with E-state index in [1.54, 1.807) is 0 Å². The molecule has 8 aromatic heterocycles. The van der Waals surface area contributed by atoms with Crippen LogP contribution in [0.5, 0.6) is 0 Å². The first-order chi connectivity index (χ1) is 61.5. The van der Waals surface area contributed by atoms with Crippen molar-refractivity contribution in [1.82, 2.24) is 49.0 Å². The van der Waals surface area contributed by atoms with Crippen LogP contribution in [0, 0.1) is 0 Å². The van der Waals surface area contributed by atoms with Crippen LogP contribution in [0.15, 0.2) is 425 Å². The van der Waals surface area contributed by atoms with Crippen molar-refractivity contribution in [3.05, 3.63) is 425 Å². The van der Waals surface area contributed by atoms with Gasteiger partial charge >= 0.3 is 0 Å². The zero-order chi connectivity index (χ0) is 82.0. The lowest BCUT2D eigenvalue weighted by atomic mass is 9.96. The number of hydrogen-bond donors (Lipinski definition) is 0. The molecule has 0 fully saturated rings. The fraction of sp³-hybridized carbons (Fsp3) is 0. The summed E-state index contributed by atoms with van der Waals surface area (Å²) in [5.74, 6) is 3.54. The van der Waals surface area contributed by atoms with E-state index in [9.17, 15) is 0 Å². The van der Waals surface area contributed by atoms with Crippen LogP contribution in [-0.4, -0.2) is 49.0 Å². The van der Waals surface area contributed by atoms with Crippen molar-refractivity contribution in [1.29, 1.82) is 0 Å². The number of nitrogens with zero attached hydrogens (tertiary/aromatic N) is 10. The maximum absolute atomic E-state index is 5.39. The molecule has 0 aliphatic heterocycles. The van der Waals surface area contributed by atoms with E-state index in [1.165, 1.54) is 79.3 Å². The molecule has 580 valence electrons. The van der Waals surface area contributed by atoms with E-state index >= 15 is 0 Å². The van der Waals surface area contributed by atoms with Crippen LogP contribution in [0.3, 0.4) is 0 Å². The number of rotatable bonds is 14. The van der Waals surface area contributed by atoms with Crippen molar-refractivity contribution < 1.29 is 0 Å². The van der Waals surface area contributed by atoms with Crippen molar-refractivity contribution >= 4 is 107 Å².